The van der Waals surface area contributed by atoms with E-state index in [2.05, 4.69) is 5.32 Å². The molecule has 1 fully saturated rings. The van der Waals surface area contributed by atoms with E-state index in [1.165, 1.54) is 19.1 Å². The molecule has 1 heterocycles. The summed E-state index contributed by atoms with van der Waals surface area (Å²) in [4.78, 5) is 38.4. The monoisotopic (exact) mass is 466 g/mol. The standard InChI is InChI=1S/C21H20Cl2N2O6/c1-29-13-6-7-15(17(9-13)30-2)24-18(26)11-31-21(28)12-8-19(27)25(10-12)16-5-3-4-14(22)20(16)23/h3-7,9,12H,8,10-11H2,1-2H3,(H,24,26)/t12-/m1/s1. The summed E-state index contributed by atoms with van der Waals surface area (Å²) in [7, 11) is 2.97. The van der Waals surface area contributed by atoms with Gasteiger partial charge in [-0.2, -0.15) is 0 Å². The van der Waals surface area contributed by atoms with Crippen LogP contribution in [0.15, 0.2) is 36.4 Å². The number of methoxy groups -OCH3 is 2. The van der Waals surface area contributed by atoms with Crippen molar-refractivity contribution >= 4 is 52.4 Å². The van der Waals surface area contributed by atoms with Gasteiger partial charge in [-0.1, -0.05) is 29.3 Å². The Bertz CT molecular complexity index is 1010. The van der Waals surface area contributed by atoms with Gasteiger partial charge in [0.2, 0.25) is 5.91 Å². The van der Waals surface area contributed by atoms with Gasteiger partial charge in [-0.3, -0.25) is 14.4 Å². The summed E-state index contributed by atoms with van der Waals surface area (Å²) in [6.45, 7) is -0.414. The molecule has 1 atom stereocenters. The molecule has 2 aromatic rings. The molecule has 0 aliphatic carbocycles. The lowest BCUT2D eigenvalue weighted by atomic mass is 10.1. The zero-order chi connectivity index (χ0) is 22.5. The first-order chi connectivity index (χ1) is 14.8. The predicted octanol–water partition coefficient (Wildman–Crippen LogP) is 3.55. The number of nitrogens with zero attached hydrogens (tertiary/aromatic N) is 1. The van der Waals surface area contributed by atoms with Crippen LogP contribution in [-0.2, 0) is 19.1 Å². The van der Waals surface area contributed by atoms with Crippen molar-refractivity contribution in [3.8, 4) is 11.5 Å². The van der Waals surface area contributed by atoms with Crippen LogP contribution in [0.1, 0.15) is 6.42 Å². The molecule has 3 rings (SSSR count). The second-order valence-corrected chi connectivity index (χ2v) is 7.49. The number of rotatable bonds is 7. The Hall–Kier alpha value is -2.97. The van der Waals surface area contributed by atoms with Crippen molar-refractivity contribution in [3.63, 3.8) is 0 Å². The highest BCUT2D eigenvalue weighted by molar-refractivity contribution is 6.44. The lowest BCUT2D eigenvalue weighted by Crippen LogP contribution is -2.28. The van der Waals surface area contributed by atoms with Gasteiger partial charge in [0, 0.05) is 19.0 Å². The molecule has 1 aliphatic rings. The number of anilines is 2. The minimum absolute atomic E-state index is 0.0460. The molecule has 0 radical (unpaired) electrons. The molecule has 1 saturated heterocycles. The first kappa shape index (κ1) is 22.7. The lowest BCUT2D eigenvalue weighted by Gasteiger charge is -2.18. The molecular weight excluding hydrogens is 447 g/mol. The van der Waals surface area contributed by atoms with E-state index in [1.807, 2.05) is 0 Å². The van der Waals surface area contributed by atoms with Crippen LogP contribution in [0, 0.1) is 5.92 Å². The van der Waals surface area contributed by atoms with E-state index >= 15 is 0 Å². The quantitative estimate of drug-likeness (QED) is 0.627. The van der Waals surface area contributed by atoms with Crippen LogP contribution in [0.4, 0.5) is 11.4 Å². The Morgan fingerprint density at radius 2 is 1.94 bits per heavy atom. The van der Waals surface area contributed by atoms with Crippen LogP contribution >= 0.6 is 23.2 Å². The maximum absolute atomic E-state index is 12.4. The van der Waals surface area contributed by atoms with Crippen molar-refractivity contribution in [1.82, 2.24) is 0 Å². The molecular formula is C21H20Cl2N2O6. The molecule has 2 aromatic carbocycles. The summed E-state index contributed by atoms with van der Waals surface area (Å²) in [6.07, 6.45) is -0.0460. The summed E-state index contributed by atoms with van der Waals surface area (Å²) in [5, 5.41) is 3.15. The van der Waals surface area contributed by atoms with Gasteiger partial charge in [-0.25, -0.2) is 0 Å². The Morgan fingerprint density at radius 3 is 2.65 bits per heavy atom. The third-order valence-electron chi connectivity index (χ3n) is 4.71. The molecule has 0 spiro atoms. The second-order valence-electron chi connectivity index (χ2n) is 6.70. The number of halogens is 2. The summed E-state index contributed by atoms with van der Waals surface area (Å²) in [5.41, 5.74) is 0.834. The van der Waals surface area contributed by atoms with Crippen LogP contribution < -0.4 is 19.7 Å². The maximum atomic E-state index is 12.4. The summed E-state index contributed by atoms with van der Waals surface area (Å²) in [6, 6.07) is 9.80. The molecule has 31 heavy (non-hydrogen) atoms. The molecule has 0 aromatic heterocycles. The third kappa shape index (κ3) is 5.21. The molecule has 0 unspecified atom stereocenters. The molecule has 8 nitrogen and oxygen atoms in total. The second kappa shape index (κ2) is 9.89. The topological polar surface area (TPSA) is 94.2 Å². The fourth-order valence-corrected chi connectivity index (χ4v) is 3.54. The zero-order valence-corrected chi connectivity index (χ0v) is 18.3. The number of hydrogen-bond donors (Lipinski definition) is 1. The molecule has 164 valence electrons. The molecule has 0 bridgehead atoms. The Labute approximate surface area is 189 Å². The van der Waals surface area contributed by atoms with Crippen LogP contribution in [0.3, 0.4) is 0 Å². The van der Waals surface area contributed by atoms with Gasteiger partial charge >= 0.3 is 5.97 Å². The number of carbonyl (C=O) groups is 3. The number of esters is 1. The van der Waals surface area contributed by atoms with Crippen molar-refractivity contribution in [1.29, 1.82) is 0 Å². The zero-order valence-electron chi connectivity index (χ0n) is 16.8. The maximum Gasteiger partial charge on any atom is 0.311 e. The van der Waals surface area contributed by atoms with Crippen molar-refractivity contribution in [3.05, 3.63) is 46.4 Å². The average molecular weight is 467 g/mol. The molecule has 0 saturated carbocycles. The van der Waals surface area contributed by atoms with E-state index in [-0.39, 0.29) is 23.9 Å². The van der Waals surface area contributed by atoms with Gasteiger partial charge < -0.3 is 24.4 Å². The molecule has 1 N–H and O–H groups in total. The molecule has 10 heteroatoms. The summed E-state index contributed by atoms with van der Waals surface area (Å²) in [5.74, 6) is -1.22. The van der Waals surface area contributed by atoms with Crippen molar-refractivity contribution in [2.75, 3.05) is 37.6 Å². The number of nitrogens with one attached hydrogen (secondary N) is 1. The fraction of sp³-hybridized carbons (Fsp3) is 0.286. The van der Waals surface area contributed by atoms with Gasteiger partial charge in [0.25, 0.3) is 5.91 Å². The molecule has 2 amide bonds. The number of carbonyl (C=O) groups excluding carboxylic acids is 3. The minimum Gasteiger partial charge on any atom is -0.497 e. The SMILES string of the molecule is COc1ccc(NC(=O)COC(=O)[C@@H]2CC(=O)N(c3cccc(Cl)c3Cl)C2)c(OC)c1. The van der Waals surface area contributed by atoms with E-state index in [9.17, 15) is 14.4 Å². The third-order valence-corrected chi connectivity index (χ3v) is 5.52. The highest BCUT2D eigenvalue weighted by atomic mass is 35.5. The van der Waals surface area contributed by atoms with Gasteiger partial charge in [0.1, 0.15) is 11.5 Å². The van der Waals surface area contributed by atoms with E-state index in [0.29, 0.717) is 27.9 Å². The van der Waals surface area contributed by atoms with Crippen LogP contribution in [0.2, 0.25) is 10.0 Å². The van der Waals surface area contributed by atoms with E-state index in [4.69, 9.17) is 37.4 Å². The van der Waals surface area contributed by atoms with Crippen molar-refractivity contribution in [2.24, 2.45) is 5.92 Å². The number of amides is 2. The van der Waals surface area contributed by atoms with Gasteiger partial charge in [0.15, 0.2) is 6.61 Å². The van der Waals surface area contributed by atoms with E-state index in [0.717, 1.165) is 0 Å². The number of benzene rings is 2. The lowest BCUT2D eigenvalue weighted by molar-refractivity contribution is -0.151. The largest absolute Gasteiger partial charge is 0.497 e. The normalized spacial score (nSPS) is 15.5. The molecule has 1 aliphatic heterocycles. The summed E-state index contributed by atoms with van der Waals surface area (Å²) < 4.78 is 15.4. The van der Waals surface area contributed by atoms with Gasteiger partial charge in [-0.05, 0) is 24.3 Å². The van der Waals surface area contributed by atoms with Crippen molar-refractivity contribution in [2.45, 2.75) is 6.42 Å². The predicted molar refractivity (Wildman–Crippen MR) is 116 cm³/mol. The first-order valence-electron chi connectivity index (χ1n) is 9.27. The number of hydrogen-bond acceptors (Lipinski definition) is 6. The highest BCUT2D eigenvalue weighted by Gasteiger charge is 2.37. The van der Waals surface area contributed by atoms with E-state index < -0.39 is 24.4 Å². The highest BCUT2D eigenvalue weighted by Crippen LogP contribution is 2.36. The number of ether oxygens (including phenoxy) is 3. The van der Waals surface area contributed by atoms with Crippen LogP contribution in [-0.4, -0.2) is 45.2 Å². The summed E-state index contributed by atoms with van der Waals surface area (Å²) >= 11 is 12.2. The van der Waals surface area contributed by atoms with Crippen molar-refractivity contribution < 1.29 is 28.6 Å². The first-order valence-corrected chi connectivity index (χ1v) is 10.0. The van der Waals surface area contributed by atoms with Crippen LogP contribution in [0.25, 0.3) is 0 Å². The van der Waals surface area contributed by atoms with Gasteiger partial charge in [-0.15, -0.1) is 0 Å². The van der Waals surface area contributed by atoms with E-state index in [1.54, 1.807) is 36.4 Å². The Balaban J connectivity index is 1.57. The van der Waals surface area contributed by atoms with Gasteiger partial charge in [0.05, 0.1) is 41.6 Å². The fourth-order valence-electron chi connectivity index (χ4n) is 3.14. The smallest absolute Gasteiger partial charge is 0.311 e. The Morgan fingerprint density at radius 1 is 1.16 bits per heavy atom. The average Bonchev–Trinajstić information content (AvgIpc) is 3.15. The van der Waals surface area contributed by atoms with Crippen LogP contribution in [0.5, 0.6) is 11.5 Å². The minimum atomic E-state index is -0.717. The Kier molecular flexibility index (Phi) is 7.25.